The number of rotatable bonds is 5. The maximum absolute atomic E-state index is 12.2. The van der Waals surface area contributed by atoms with E-state index in [1.54, 1.807) is 24.3 Å². The Labute approximate surface area is 158 Å². The number of carbonyl (C=O) groups excluding carboxylic acids is 1. The molecule has 0 saturated carbocycles. The molecule has 4 rings (SSSR count). The Balaban J connectivity index is 1.41. The molecule has 0 fully saturated rings. The zero-order valence-corrected chi connectivity index (χ0v) is 14.7. The number of nitrogens with zero attached hydrogens (tertiary/aromatic N) is 3. The number of hydrogen-bond acceptors (Lipinski definition) is 6. The first-order chi connectivity index (χ1) is 13.2. The third-order valence-electron chi connectivity index (χ3n) is 3.75. The lowest BCUT2D eigenvalue weighted by Gasteiger charge is -1.97. The highest BCUT2D eigenvalue weighted by atomic mass is 35.5. The molecule has 0 unspecified atom stereocenters. The molecule has 2 aromatic carbocycles. The summed E-state index contributed by atoms with van der Waals surface area (Å²) in [6.45, 7) is 0.0694. The summed E-state index contributed by atoms with van der Waals surface area (Å²) in [5, 5.41) is 10.9. The van der Waals surface area contributed by atoms with Crippen molar-refractivity contribution in [3.8, 4) is 22.7 Å². The van der Waals surface area contributed by atoms with Crippen LogP contribution in [-0.2, 0) is 6.54 Å². The molecular weight excluding hydrogens is 368 g/mol. The quantitative estimate of drug-likeness (QED) is 0.563. The van der Waals surface area contributed by atoms with Crippen molar-refractivity contribution in [3.63, 3.8) is 0 Å². The largest absolute Gasteiger partial charge is 0.355 e. The summed E-state index contributed by atoms with van der Waals surface area (Å²) in [5.74, 6) is 0.782. The van der Waals surface area contributed by atoms with Gasteiger partial charge in [0.15, 0.2) is 11.5 Å². The van der Waals surface area contributed by atoms with E-state index in [0.29, 0.717) is 16.6 Å². The number of aromatic nitrogens is 3. The van der Waals surface area contributed by atoms with Gasteiger partial charge in [-0.05, 0) is 12.1 Å². The molecule has 134 valence electrons. The minimum Gasteiger partial charge on any atom is -0.355 e. The van der Waals surface area contributed by atoms with Crippen LogP contribution >= 0.6 is 11.6 Å². The van der Waals surface area contributed by atoms with E-state index in [2.05, 4.69) is 20.6 Å². The highest BCUT2D eigenvalue weighted by Crippen LogP contribution is 2.21. The van der Waals surface area contributed by atoms with Crippen molar-refractivity contribution in [2.24, 2.45) is 0 Å². The van der Waals surface area contributed by atoms with Gasteiger partial charge in [0, 0.05) is 22.2 Å². The van der Waals surface area contributed by atoms with Gasteiger partial charge in [-0.15, -0.1) is 0 Å². The standard InChI is InChI=1S/C19H13ClN4O3/c20-14-8-4-7-13(9-14)18-22-17(27-24-18)11-21-19(25)15-10-16(26-23-15)12-5-2-1-3-6-12/h1-10H,11H2,(H,21,25). The van der Waals surface area contributed by atoms with Crippen molar-refractivity contribution in [3.05, 3.63) is 77.3 Å². The Morgan fingerprint density at radius 1 is 0.963 bits per heavy atom. The summed E-state index contributed by atoms with van der Waals surface area (Å²) >= 11 is 5.96. The van der Waals surface area contributed by atoms with Crippen LogP contribution in [0.1, 0.15) is 16.4 Å². The second-order valence-corrected chi connectivity index (χ2v) is 6.08. The van der Waals surface area contributed by atoms with Gasteiger partial charge in [0.25, 0.3) is 5.91 Å². The molecule has 27 heavy (non-hydrogen) atoms. The number of hydrogen-bond donors (Lipinski definition) is 1. The SMILES string of the molecule is O=C(NCc1nc(-c2cccc(Cl)c2)no1)c1cc(-c2ccccc2)on1. The topological polar surface area (TPSA) is 94.1 Å². The lowest BCUT2D eigenvalue weighted by atomic mass is 10.1. The Bertz CT molecular complexity index is 1080. The molecule has 4 aromatic rings. The van der Waals surface area contributed by atoms with E-state index < -0.39 is 5.91 Å². The first kappa shape index (κ1) is 17.0. The normalized spacial score (nSPS) is 10.7. The van der Waals surface area contributed by atoms with E-state index in [0.717, 1.165) is 11.1 Å². The van der Waals surface area contributed by atoms with Gasteiger partial charge in [-0.1, -0.05) is 64.4 Å². The van der Waals surface area contributed by atoms with E-state index in [1.165, 1.54) is 0 Å². The molecule has 0 spiro atoms. The van der Waals surface area contributed by atoms with Crippen LogP contribution in [-0.4, -0.2) is 21.2 Å². The molecule has 1 amide bonds. The average molecular weight is 381 g/mol. The lowest BCUT2D eigenvalue weighted by Crippen LogP contribution is -2.23. The molecule has 0 aliphatic rings. The van der Waals surface area contributed by atoms with E-state index in [9.17, 15) is 4.79 Å². The van der Waals surface area contributed by atoms with Crippen LogP contribution in [0.15, 0.2) is 69.7 Å². The van der Waals surface area contributed by atoms with Crippen molar-refractivity contribution in [1.29, 1.82) is 0 Å². The molecule has 0 aliphatic heterocycles. The fourth-order valence-corrected chi connectivity index (χ4v) is 2.63. The highest BCUT2D eigenvalue weighted by Gasteiger charge is 2.15. The fraction of sp³-hybridized carbons (Fsp3) is 0.0526. The summed E-state index contributed by atoms with van der Waals surface area (Å²) in [4.78, 5) is 16.5. The molecule has 1 N–H and O–H groups in total. The summed E-state index contributed by atoms with van der Waals surface area (Å²) in [6.07, 6.45) is 0. The highest BCUT2D eigenvalue weighted by molar-refractivity contribution is 6.30. The first-order valence-corrected chi connectivity index (χ1v) is 8.46. The van der Waals surface area contributed by atoms with Crippen molar-refractivity contribution >= 4 is 17.5 Å². The second kappa shape index (κ2) is 7.43. The van der Waals surface area contributed by atoms with Crippen molar-refractivity contribution in [2.45, 2.75) is 6.54 Å². The number of nitrogens with one attached hydrogen (secondary N) is 1. The Morgan fingerprint density at radius 2 is 1.78 bits per heavy atom. The van der Waals surface area contributed by atoms with Gasteiger partial charge < -0.3 is 14.4 Å². The van der Waals surface area contributed by atoms with Crippen LogP contribution in [0, 0.1) is 0 Å². The Hall–Kier alpha value is -3.45. The number of halogens is 1. The third-order valence-corrected chi connectivity index (χ3v) is 3.99. The number of amides is 1. The first-order valence-electron chi connectivity index (χ1n) is 8.08. The van der Waals surface area contributed by atoms with Crippen LogP contribution in [0.3, 0.4) is 0 Å². The minimum absolute atomic E-state index is 0.0694. The van der Waals surface area contributed by atoms with Gasteiger partial charge in [0.05, 0.1) is 6.54 Å². The molecule has 2 aromatic heterocycles. The van der Waals surface area contributed by atoms with Gasteiger partial charge in [0.2, 0.25) is 11.7 Å². The van der Waals surface area contributed by atoms with E-state index >= 15 is 0 Å². The Kier molecular flexibility index (Phi) is 4.67. The molecule has 0 radical (unpaired) electrons. The smallest absolute Gasteiger partial charge is 0.273 e. The maximum atomic E-state index is 12.2. The van der Waals surface area contributed by atoms with E-state index in [4.69, 9.17) is 20.6 Å². The zero-order chi connectivity index (χ0) is 18.6. The Morgan fingerprint density at radius 3 is 2.59 bits per heavy atom. The molecule has 7 nitrogen and oxygen atoms in total. The van der Waals surface area contributed by atoms with Crippen LogP contribution in [0.25, 0.3) is 22.7 Å². The molecule has 0 atom stereocenters. The molecule has 0 saturated heterocycles. The van der Waals surface area contributed by atoms with Crippen LogP contribution in [0.4, 0.5) is 0 Å². The molecule has 0 aliphatic carbocycles. The summed E-state index contributed by atoms with van der Waals surface area (Å²) < 4.78 is 10.4. The summed E-state index contributed by atoms with van der Waals surface area (Å²) in [7, 11) is 0. The van der Waals surface area contributed by atoms with Gasteiger partial charge in [-0.25, -0.2) is 0 Å². The van der Waals surface area contributed by atoms with E-state index in [1.807, 2.05) is 36.4 Å². The van der Waals surface area contributed by atoms with Gasteiger partial charge in [-0.3, -0.25) is 4.79 Å². The molecular formula is C19H13ClN4O3. The average Bonchev–Trinajstić information content (AvgIpc) is 3.37. The van der Waals surface area contributed by atoms with E-state index in [-0.39, 0.29) is 18.1 Å². The fourth-order valence-electron chi connectivity index (χ4n) is 2.44. The molecule has 8 heteroatoms. The number of carbonyl (C=O) groups is 1. The third kappa shape index (κ3) is 3.88. The lowest BCUT2D eigenvalue weighted by molar-refractivity contribution is 0.0937. The minimum atomic E-state index is -0.400. The van der Waals surface area contributed by atoms with Gasteiger partial charge in [-0.2, -0.15) is 4.98 Å². The van der Waals surface area contributed by atoms with Crippen LogP contribution in [0.2, 0.25) is 5.02 Å². The monoisotopic (exact) mass is 380 g/mol. The van der Waals surface area contributed by atoms with Crippen molar-refractivity contribution < 1.29 is 13.8 Å². The zero-order valence-electron chi connectivity index (χ0n) is 13.9. The van der Waals surface area contributed by atoms with Gasteiger partial charge >= 0.3 is 0 Å². The van der Waals surface area contributed by atoms with Crippen LogP contribution in [0.5, 0.6) is 0 Å². The molecule has 2 heterocycles. The summed E-state index contributed by atoms with van der Waals surface area (Å²) in [5.41, 5.74) is 1.74. The van der Waals surface area contributed by atoms with Crippen molar-refractivity contribution in [2.75, 3.05) is 0 Å². The molecule has 0 bridgehead atoms. The summed E-state index contributed by atoms with van der Waals surface area (Å²) in [6, 6.07) is 18.1. The second-order valence-electron chi connectivity index (χ2n) is 5.65. The maximum Gasteiger partial charge on any atom is 0.273 e. The van der Waals surface area contributed by atoms with Crippen LogP contribution < -0.4 is 5.32 Å². The van der Waals surface area contributed by atoms with Gasteiger partial charge in [0.1, 0.15) is 0 Å². The predicted molar refractivity (Wildman–Crippen MR) is 97.9 cm³/mol. The number of benzene rings is 2. The van der Waals surface area contributed by atoms with Crippen molar-refractivity contribution in [1.82, 2.24) is 20.6 Å². The predicted octanol–water partition coefficient (Wildman–Crippen LogP) is 3.98.